The number of nitrogens with two attached hydrogens (primary N) is 1. The van der Waals surface area contributed by atoms with Crippen LogP contribution in [-0.2, 0) is 4.74 Å². The first-order valence-corrected chi connectivity index (χ1v) is 3.91. The van der Waals surface area contributed by atoms with E-state index < -0.39 is 18.7 Å². The summed E-state index contributed by atoms with van der Waals surface area (Å²) in [5.74, 6) is 0. The van der Waals surface area contributed by atoms with Gasteiger partial charge in [-0.2, -0.15) is 13.2 Å². The Labute approximate surface area is 68.9 Å². The van der Waals surface area contributed by atoms with Gasteiger partial charge < -0.3 is 10.5 Å². The predicted octanol–water partition coefficient (Wildman–Crippen LogP) is 1.45. The molecule has 2 atom stereocenters. The fourth-order valence-electron chi connectivity index (χ4n) is 1.31. The summed E-state index contributed by atoms with van der Waals surface area (Å²) in [6.45, 7) is 0.349. The summed E-state index contributed by atoms with van der Waals surface area (Å²) in [4.78, 5) is 0. The van der Waals surface area contributed by atoms with Crippen molar-refractivity contribution in [2.75, 3.05) is 6.61 Å². The largest absolute Gasteiger partial charge is 0.391 e. The van der Waals surface area contributed by atoms with Gasteiger partial charge in [0.2, 0.25) is 0 Å². The van der Waals surface area contributed by atoms with Crippen LogP contribution in [0.15, 0.2) is 0 Å². The average molecular weight is 183 g/mol. The molecule has 0 aromatic carbocycles. The molecule has 1 aliphatic heterocycles. The van der Waals surface area contributed by atoms with E-state index in [9.17, 15) is 13.2 Å². The van der Waals surface area contributed by atoms with Crippen LogP contribution in [-0.4, -0.2) is 24.9 Å². The van der Waals surface area contributed by atoms with Gasteiger partial charge in [-0.1, -0.05) is 0 Å². The Morgan fingerprint density at radius 1 is 1.42 bits per heavy atom. The van der Waals surface area contributed by atoms with Crippen molar-refractivity contribution >= 4 is 0 Å². The zero-order valence-corrected chi connectivity index (χ0v) is 6.60. The van der Waals surface area contributed by atoms with Gasteiger partial charge in [0, 0.05) is 12.6 Å². The first-order valence-electron chi connectivity index (χ1n) is 3.91. The van der Waals surface area contributed by atoms with Crippen molar-refractivity contribution in [3.63, 3.8) is 0 Å². The standard InChI is InChI=1S/C7H12F3NO/c8-7(9,10)4-6-3-5(11)1-2-12-6/h5-6H,1-4,11H2. The third-order valence-electron chi connectivity index (χ3n) is 1.87. The smallest absolute Gasteiger partial charge is 0.378 e. The second-order valence-electron chi connectivity index (χ2n) is 3.10. The molecule has 0 radical (unpaired) electrons. The predicted molar refractivity (Wildman–Crippen MR) is 37.6 cm³/mol. The van der Waals surface area contributed by atoms with Crippen molar-refractivity contribution in [1.82, 2.24) is 0 Å². The Morgan fingerprint density at radius 3 is 2.58 bits per heavy atom. The van der Waals surface area contributed by atoms with Crippen molar-refractivity contribution in [2.24, 2.45) is 5.73 Å². The van der Waals surface area contributed by atoms with E-state index in [4.69, 9.17) is 10.5 Å². The van der Waals surface area contributed by atoms with Crippen LogP contribution in [0.3, 0.4) is 0 Å². The van der Waals surface area contributed by atoms with E-state index in [0.29, 0.717) is 19.4 Å². The molecule has 5 heteroatoms. The maximum Gasteiger partial charge on any atom is 0.391 e. The molecule has 1 saturated heterocycles. The molecule has 12 heavy (non-hydrogen) atoms. The minimum atomic E-state index is -4.14. The van der Waals surface area contributed by atoms with Gasteiger partial charge >= 0.3 is 6.18 Å². The molecule has 0 spiro atoms. The van der Waals surface area contributed by atoms with Crippen molar-refractivity contribution in [3.8, 4) is 0 Å². The van der Waals surface area contributed by atoms with Crippen molar-refractivity contribution < 1.29 is 17.9 Å². The van der Waals surface area contributed by atoms with Gasteiger partial charge in [0.1, 0.15) is 0 Å². The Kier molecular flexibility index (Phi) is 2.95. The molecule has 1 aliphatic rings. The van der Waals surface area contributed by atoms with E-state index >= 15 is 0 Å². The zero-order chi connectivity index (χ0) is 9.19. The van der Waals surface area contributed by atoms with E-state index in [1.807, 2.05) is 0 Å². The highest BCUT2D eigenvalue weighted by Gasteiger charge is 2.34. The number of hydrogen-bond donors (Lipinski definition) is 1. The van der Waals surface area contributed by atoms with Gasteiger partial charge in [-0.05, 0) is 12.8 Å². The molecule has 2 unspecified atom stereocenters. The number of halogens is 3. The Bertz CT molecular complexity index is 148. The topological polar surface area (TPSA) is 35.2 Å². The molecule has 0 aliphatic carbocycles. The van der Waals surface area contributed by atoms with Crippen molar-refractivity contribution in [2.45, 2.75) is 37.6 Å². The van der Waals surface area contributed by atoms with Gasteiger partial charge in [0.25, 0.3) is 0 Å². The molecule has 1 heterocycles. The van der Waals surface area contributed by atoms with Crippen LogP contribution in [0.1, 0.15) is 19.3 Å². The van der Waals surface area contributed by atoms with E-state index in [1.165, 1.54) is 0 Å². The summed E-state index contributed by atoms with van der Waals surface area (Å²) in [5, 5.41) is 0. The summed E-state index contributed by atoms with van der Waals surface area (Å²) < 4.78 is 40.5. The number of alkyl halides is 3. The van der Waals surface area contributed by atoms with Crippen LogP contribution in [0.5, 0.6) is 0 Å². The Hall–Kier alpha value is -0.290. The minimum absolute atomic E-state index is 0.133. The lowest BCUT2D eigenvalue weighted by Crippen LogP contribution is -2.36. The maximum absolute atomic E-state index is 11.8. The second-order valence-corrected chi connectivity index (χ2v) is 3.10. The van der Waals surface area contributed by atoms with Crippen LogP contribution < -0.4 is 5.73 Å². The molecule has 0 aromatic heterocycles. The fraction of sp³-hybridized carbons (Fsp3) is 1.00. The second kappa shape index (κ2) is 3.62. The Morgan fingerprint density at radius 2 is 2.08 bits per heavy atom. The number of hydrogen-bond acceptors (Lipinski definition) is 2. The molecule has 1 rings (SSSR count). The molecule has 2 nitrogen and oxygen atoms in total. The van der Waals surface area contributed by atoms with Crippen molar-refractivity contribution in [3.05, 3.63) is 0 Å². The third kappa shape index (κ3) is 3.40. The molecule has 0 amide bonds. The molecule has 0 bridgehead atoms. The summed E-state index contributed by atoms with van der Waals surface area (Å²) in [5.41, 5.74) is 5.50. The first kappa shape index (κ1) is 9.80. The number of rotatable bonds is 1. The van der Waals surface area contributed by atoms with Gasteiger partial charge in [0.05, 0.1) is 12.5 Å². The molecule has 0 aromatic rings. The molecular weight excluding hydrogens is 171 g/mol. The highest BCUT2D eigenvalue weighted by molar-refractivity contribution is 4.75. The first-order chi connectivity index (χ1) is 5.47. The molecule has 0 saturated carbocycles. The minimum Gasteiger partial charge on any atom is -0.378 e. The lowest BCUT2D eigenvalue weighted by Gasteiger charge is -2.27. The lowest BCUT2D eigenvalue weighted by molar-refractivity contribution is -0.166. The monoisotopic (exact) mass is 183 g/mol. The molecule has 1 fully saturated rings. The highest BCUT2D eigenvalue weighted by atomic mass is 19.4. The lowest BCUT2D eigenvalue weighted by atomic mass is 10.0. The van der Waals surface area contributed by atoms with Gasteiger partial charge in [0.15, 0.2) is 0 Å². The van der Waals surface area contributed by atoms with Crippen LogP contribution >= 0.6 is 0 Å². The summed E-state index contributed by atoms with van der Waals surface area (Å²) in [6, 6.07) is -0.133. The van der Waals surface area contributed by atoms with E-state index in [1.54, 1.807) is 0 Å². The van der Waals surface area contributed by atoms with Gasteiger partial charge in [-0.3, -0.25) is 0 Å². The zero-order valence-electron chi connectivity index (χ0n) is 6.60. The van der Waals surface area contributed by atoms with E-state index in [-0.39, 0.29) is 6.04 Å². The van der Waals surface area contributed by atoms with Crippen molar-refractivity contribution in [1.29, 1.82) is 0 Å². The van der Waals surface area contributed by atoms with E-state index in [0.717, 1.165) is 0 Å². The highest BCUT2D eigenvalue weighted by Crippen LogP contribution is 2.26. The molecule has 2 N–H and O–H groups in total. The molecular formula is C7H12F3NO. The normalized spacial score (nSPS) is 32.0. The Balaban J connectivity index is 2.32. The summed E-state index contributed by atoms with van der Waals surface area (Å²) in [7, 11) is 0. The maximum atomic E-state index is 11.8. The summed E-state index contributed by atoms with van der Waals surface area (Å²) in [6.07, 6.45) is -4.76. The fourth-order valence-corrected chi connectivity index (χ4v) is 1.31. The molecule has 72 valence electrons. The van der Waals surface area contributed by atoms with Crippen LogP contribution in [0, 0.1) is 0 Å². The SMILES string of the molecule is NC1CCOC(CC(F)(F)F)C1. The average Bonchev–Trinajstić information content (AvgIpc) is 1.82. The van der Waals surface area contributed by atoms with Crippen LogP contribution in [0.4, 0.5) is 13.2 Å². The third-order valence-corrected chi connectivity index (χ3v) is 1.87. The van der Waals surface area contributed by atoms with Crippen LogP contribution in [0.25, 0.3) is 0 Å². The number of ether oxygens (including phenoxy) is 1. The van der Waals surface area contributed by atoms with Gasteiger partial charge in [-0.15, -0.1) is 0 Å². The summed E-state index contributed by atoms with van der Waals surface area (Å²) >= 11 is 0. The van der Waals surface area contributed by atoms with E-state index in [2.05, 4.69) is 0 Å². The van der Waals surface area contributed by atoms with Crippen LogP contribution in [0.2, 0.25) is 0 Å². The van der Waals surface area contributed by atoms with Gasteiger partial charge in [-0.25, -0.2) is 0 Å². The quantitative estimate of drug-likeness (QED) is 0.667.